The van der Waals surface area contributed by atoms with Crippen molar-refractivity contribution in [1.82, 2.24) is 4.90 Å². The molecule has 1 saturated heterocycles. The lowest BCUT2D eigenvalue weighted by Gasteiger charge is -2.42. The highest BCUT2D eigenvalue weighted by Gasteiger charge is 2.38. The molecule has 1 aliphatic carbocycles. The predicted molar refractivity (Wildman–Crippen MR) is 104 cm³/mol. The molecule has 158 valence electrons. The minimum Gasteiger partial charge on any atom is -0.490 e. The molecule has 0 amide bonds. The average Bonchev–Trinajstić information content (AvgIpc) is 2.84. The van der Waals surface area contributed by atoms with Crippen LogP contribution in [-0.2, 0) is 4.74 Å². The summed E-state index contributed by atoms with van der Waals surface area (Å²) in [5.41, 5.74) is -0.839. The second-order valence-corrected chi connectivity index (χ2v) is 9.48. The molecular weight excluding hydrogens is 364 g/mol. The van der Waals surface area contributed by atoms with E-state index in [0.717, 1.165) is 37.4 Å². The van der Waals surface area contributed by atoms with Crippen LogP contribution in [0.4, 0.5) is 8.78 Å². The highest BCUT2D eigenvalue weighted by atomic mass is 19.2. The van der Waals surface area contributed by atoms with Crippen LogP contribution < -0.4 is 4.74 Å². The molecule has 4 nitrogen and oxygen atoms in total. The molecule has 3 rings (SSSR count). The molecule has 1 heterocycles. The molecular formula is C22H33F2NO3. The lowest BCUT2D eigenvalue weighted by atomic mass is 9.71. The topological polar surface area (TPSA) is 41.9 Å². The Morgan fingerprint density at radius 1 is 1.18 bits per heavy atom. The highest BCUT2D eigenvalue weighted by molar-refractivity contribution is 5.23. The van der Waals surface area contributed by atoms with Crippen LogP contribution in [0.15, 0.2) is 18.2 Å². The molecule has 2 fully saturated rings. The average molecular weight is 398 g/mol. The van der Waals surface area contributed by atoms with E-state index in [0.29, 0.717) is 24.6 Å². The Morgan fingerprint density at radius 2 is 1.89 bits per heavy atom. The zero-order valence-corrected chi connectivity index (χ0v) is 17.2. The standard InChI is InChI=1S/C22H33F2NO3/c1-21(2,3)16-4-6-17(7-5-16)25-10-11-27-14-22(26,13-25)15-28-18-8-9-19(23)20(24)12-18/h8-9,12,16-17,26H,4-7,10-11,13-15H2,1-3H3. The van der Waals surface area contributed by atoms with E-state index in [2.05, 4.69) is 25.7 Å². The molecule has 1 atom stereocenters. The fourth-order valence-electron chi connectivity index (χ4n) is 4.44. The molecule has 0 spiro atoms. The fraction of sp³-hybridized carbons (Fsp3) is 0.727. The summed E-state index contributed by atoms with van der Waals surface area (Å²) in [6.07, 6.45) is 4.66. The molecule has 1 aromatic rings. The molecule has 0 aromatic heterocycles. The van der Waals surface area contributed by atoms with Gasteiger partial charge in [-0.05, 0) is 49.1 Å². The number of hydrogen-bond acceptors (Lipinski definition) is 4. The summed E-state index contributed by atoms with van der Waals surface area (Å²) in [6, 6.07) is 3.83. The number of benzene rings is 1. The van der Waals surface area contributed by atoms with Crippen LogP contribution in [0.1, 0.15) is 46.5 Å². The molecule has 28 heavy (non-hydrogen) atoms. The van der Waals surface area contributed by atoms with E-state index in [4.69, 9.17) is 9.47 Å². The zero-order valence-electron chi connectivity index (χ0n) is 17.2. The quantitative estimate of drug-likeness (QED) is 0.834. The third-order valence-corrected chi connectivity index (χ3v) is 6.23. The third kappa shape index (κ3) is 5.43. The van der Waals surface area contributed by atoms with Crippen LogP contribution in [0.3, 0.4) is 0 Å². The Balaban J connectivity index is 1.59. The highest BCUT2D eigenvalue weighted by Crippen LogP contribution is 2.39. The van der Waals surface area contributed by atoms with E-state index in [1.807, 2.05) is 0 Å². The van der Waals surface area contributed by atoms with Gasteiger partial charge in [0.25, 0.3) is 0 Å². The van der Waals surface area contributed by atoms with Crippen LogP contribution >= 0.6 is 0 Å². The van der Waals surface area contributed by atoms with Crippen molar-refractivity contribution in [2.45, 2.75) is 58.1 Å². The first-order valence-electron chi connectivity index (χ1n) is 10.3. The van der Waals surface area contributed by atoms with Crippen LogP contribution in [-0.4, -0.2) is 54.6 Å². The van der Waals surface area contributed by atoms with Gasteiger partial charge >= 0.3 is 0 Å². The molecule has 1 saturated carbocycles. The predicted octanol–water partition coefficient (Wildman–Crippen LogP) is 4.01. The maximum absolute atomic E-state index is 13.4. The molecule has 2 aliphatic rings. The Labute approximate surface area is 166 Å². The van der Waals surface area contributed by atoms with Gasteiger partial charge in [-0.2, -0.15) is 0 Å². The molecule has 1 aromatic carbocycles. The summed E-state index contributed by atoms with van der Waals surface area (Å²) in [6.45, 7) is 8.91. The van der Waals surface area contributed by atoms with Crippen molar-refractivity contribution in [3.8, 4) is 5.75 Å². The summed E-state index contributed by atoms with van der Waals surface area (Å²) >= 11 is 0. The SMILES string of the molecule is CC(C)(C)C1CCC(N2CCOCC(O)(COc3ccc(F)c(F)c3)C2)CC1. The monoisotopic (exact) mass is 397 g/mol. The van der Waals surface area contributed by atoms with Crippen molar-refractivity contribution in [1.29, 1.82) is 0 Å². The lowest BCUT2D eigenvalue weighted by molar-refractivity contribution is -0.0691. The Kier molecular flexibility index (Phi) is 6.62. The number of nitrogens with zero attached hydrogens (tertiary/aromatic N) is 1. The molecule has 1 unspecified atom stereocenters. The van der Waals surface area contributed by atoms with Gasteiger partial charge in [0.05, 0.1) is 13.2 Å². The number of aliphatic hydroxyl groups is 1. The third-order valence-electron chi connectivity index (χ3n) is 6.23. The van der Waals surface area contributed by atoms with Gasteiger partial charge in [-0.1, -0.05) is 20.8 Å². The number of rotatable bonds is 4. The van der Waals surface area contributed by atoms with Gasteiger partial charge in [-0.25, -0.2) is 8.78 Å². The van der Waals surface area contributed by atoms with E-state index >= 15 is 0 Å². The van der Waals surface area contributed by atoms with Crippen molar-refractivity contribution in [3.05, 3.63) is 29.8 Å². The number of β-amino-alcohol motifs (C(OH)–C–C–N with tert-alkyl or cyclic N) is 1. The first-order chi connectivity index (χ1) is 13.2. The second kappa shape index (κ2) is 8.64. The van der Waals surface area contributed by atoms with Gasteiger partial charge < -0.3 is 14.6 Å². The van der Waals surface area contributed by atoms with Gasteiger partial charge in [0.15, 0.2) is 11.6 Å². The lowest BCUT2D eigenvalue weighted by Crippen LogP contribution is -2.52. The number of ether oxygens (including phenoxy) is 2. The molecule has 0 radical (unpaired) electrons. The van der Waals surface area contributed by atoms with Gasteiger partial charge in [0, 0.05) is 25.2 Å². The zero-order chi connectivity index (χ0) is 20.4. The summed E-state index contributed by atoms with van der Waals surface area (Å²) in [7, 11) is 0. The van der Waals surface area contributed by atoms with Crippen LogP contribution in [0.5, 0.6) is 5.75 Å². The summed E-state index contributed by atoms with van der Waals surface area (Å²) in [5.74, 6) is -0.934. The van der Waals surface area contributed by atoms with Crippen molar-refractivity contribution in [2.75, 3.05) is 32.9 Å². The van der Waals surface area contributed by atoms with Gasteiger partial charge in [0.2, 0.25) is 0 Å². The van der Waals surface area contributed by atoms with Gasteiger partial charge in [-0.15, -0.1) is 0 Å². The maximum Gasteiger partial charge on any atom is 0.162 e. The van der Waals surface area contributed by atoms with Crippen molar-refractivity contribution >= 4 is 0 Å². The van der Waals surface area contributed by atoms with E-state index in [-0.39, 0.29) is 19.0 Å². The molecule has 1 aliphatic heterocycles. The van der Waals surface area contributed by atoms with Crippen molar-refractivity contribution in [3.63, 3.8) is 0 Å². The molecule has 0 bridgehead atoms. The Bertz CT molecular complexity index is 656. The summed E-state index contributed by atoms with van der Waals surface area (Å²) in [4.78, 5) is 2.32. The number of halogens is 2. The van der Waals surface area contributed by atoms with Crippen LogP contribution in [0.2, 0.25) is 0 Å². The molecule has 6 heteroatoms. The second-order valence-electron chi connectivity index (χ2n) is 9.48. The Morgan fingerprint density at radius 3 is 2.54 bits per heavy atom. The maximum atomic E-state index is 13.4. The summed E-state index contributed by atoms with van der Waals surface area (Å²) < 4.78 is 37.7. The minimum absolute atomic E-state index is 0.0219. The smallest absolute Gasteiger partial charge is 0.162 e. The van der Waals surface area contributed by atoms with Crippen molar-refractivity contribution < 1.29 is 23.4 Å². The fourth-order valence-corrected chi connectivity index (χ4v) is 4.44. The van der Waals surface area contributed by atoms with Gasteiger partial charge in [-0.3, -0.25) is 4.90 Å². The van der Waals surface area contributed by atoms with Crippen LogP contribution in [0, 0.1) is 23.0 Å². The summed E-state index contributed by atoms with van der Waals surface area (Å²) in [5, 5.41) is 11.1. The first kappa shape index (κ1) is 21.5. The van der Waals surface area contributed by atoms with E-state index in [9.17, 15) is 13.9 Å². The van der Waals surface area contributed by atoms with Crippen molar-refractivity contribution in [2.24, 2.45) is 11.3 Å². The minimum atomic E-state index is -1.18. The molecule has 1 N–H and O–H groups in total. The largest absolute Gasteiger partial charge is 0.490 e. The Hall–Kier alpha value is -1.24. The van der Waals surface area contributed by atoms with Gasteiger partial charge in [0.1, 0.15) is 18.0 Å². The van der Waals surface area contributed by atoms with E-state index in [1.54, 1.807) is 0 Å². The normalized spacial score (nSPS) is 30.1. The first-order valence-corrected chi connectivity index (χ1v) is 10.3. The number of hydrogen-bond donors (Lipinski definition) is 1. The van der Waals surface area contributed by atoms with E-state index in [1.165, 1.54) is 18.9 Å². The van der Waals surface area contributed by atoms with Crippen LogP contribution in [0.25, 0.3) is 0 Å². The van der Waals surface area contributed by atoms with E-state index < -0.39 is 17.2 Å².